The van der Waals surface area contributed by atoms with Crippen LogP contribution in [-0.4, -0.2) is 16.9 Å². The molecule has 62 valence electrons. The lowest BCUT2D eigenvalue weighted by atomic mass is 9.87. The Labute approximate surface area is 65.7 Å². The fraction of sp³-hybridized carbons (Fsp3) is 0.500. The van der Waals surface area contributed by atoms with Gasteiger partial charge in [-0.2, -0.15) is 0 Å². The topological polar surface area (TPSA) is 54.4 Å². The predicted octanol–water partition coefficient (Wildman–Crippen LogP) is 1.24. The molecule has 0 saturated heterocycles. The van der Waals surface area contributed by atoms with E-state index in [0.29, 0.717) is 0 Å². The molecule has 0 spiro atoms. The molecule has 0 radical (unpaired) electrons. The highest BCUT2D eigenvalue weighted by Crippen LogP contribution is 2.18. The summed E-state index contributed by atoms with van der Waals surface area (Å²) in [6.45, 7) is 6.74. The van der Waals surface area contributed by atoms with Crippen molar-refractivity contribution in [1.29, 1.82) is 0 Å². The van der Waals surface area contributed by atoms with Gasteiger partial charge in [0.05, 0.1) is 0 Å². The van der Waals surface area contributed by atoms with Gasteiger partial charge in [-0.25, -0.2) is 0 Å². The van der Waals surface area contributed by atoms with E-state index < -0.39 is 17.8 Å². The van der Waals surface area contributed by atoms with E-state index in [9.17, 15) is 9.59 Å². The van der Waals surface area contributed by atoms with Crippen LogP contribution in [-0.2, 0) is 9.59 Å². The maximum Gasteiger partial charge on any atom is 0.310 e. The molecule has 0 amide bonds. The van der Waals surface area contributed by atoms with Crippen molar-refractivity contribution in [2.75, 3.05) is 0 Å². The molecule has 0 rings (SSSR count). The molecule has 0 aromatic heterocycles. The van der Waals surface area contributed by atoms with Gasteiger partial charge in [0, 0.05) is 5.41 Å². The third-order valence-electron chi connectivity index (χ3n) is 1.54. The van der Waals surface area contributed by atoms with Crippen LogP contribution in [0.4, 0.5) is 0 Å². The molecule has 1 N–H and O–H groups in total. The van der Waals surface area contributed by atoms with Crippen LogP contribution in [0.25, 0.3) is 0 Å². The van der Waals surface area contributed by atoms with Gasteiger partial charge in [0.2, 0.25) is 0 Å². The number of carbonyl (C=O) groups excluding carboxylic acids is 1. The summed E-state index contributed by atoms with van der Waals surface area (Å²) >= 11 is 0. The van der Waals surface area contributed by atoms with Crippen LogP contribution in [0.2, 0.25) is 0 Å². The summed E-state index contributed by atoms with van der Waals surface area (Å²) in [5.41, 5.74) is -0.724. The molecule has 0 heterocycles. The van der Waals surface area contributed by atoms with Crippen molar-refractivity contribution in [3.63, 3.8) is 0 Å². The molecule has 0 aliphatic carbocycles. The van der Waals surface area contributed by atoms with Crippen molar-refractivity contribution in [2.24, 2.45) is 5.41 Å². The summed E-state index contributed by atoms with van der Waals surface area (Å²) in [7, 11) is 0. The van der Waals surface area contributed by atoms with E-state index >= 15 is 0 Å². The van der Waals surface area contributed by atoms with E-state index in [1.165, 1.54) is 6.08 Å². The van der Waals surface area contributed by atoms with Crippen molar-refractivity contribution >= 4 is 11.8 Å². The molecular weight excluding hydrogens is 144 g/mol. The first-order valence-electron chi connectivity index (χ1n) is 3.29. The zero-order chi connectivity index (χ0) is 9.07. The van der Waals surface area contributed by atoms with Gasteiger partial charge in [0.25, 0.3) is 0 Å². The standard InChI is InChI=1S/C8H12O3/c1-4-8(2,3)6(9)5-7(10)11/h4H,1,5H2,2-3H3,(H,10,11). The Bertz CT molecular complexity index is 192. The summed E-state index contributed by atoms with van der Waals surface area (Å²) in [4.78, 5) is 21.2. The van der Waals surface area contributed by atoms with Gasteiger partial charge in [-0.05, 0) is 13.8 Å². The number of carbonyl (C=O) groups is 2. The highest BCUT2D eigenvalue weighted by molar-refractivity contribution is 5.98. The average molecular weight is 156 g/mol. The zero-order valence-electron chi connectivity index (χ0n) is 6.76. The minimum absolute atomic E-state index is 0.319. The summed E-state index contributed by atoms with van der Waals surface area (Å²) in [6, 6.07) is 0. The lowest BCUT2D eigenvalue weighted by Crippen LogP contribution is -2.23. The number of carboxylic acids is 1. The molecule has 3 nitrogen and oxygen atoms in total. The van der Waals surface area contributed by atoms with Crippen LogP contribution in [0.5, 0.6) is 0 Å². The van der Waals surface area contributed by atoms with E-state index in [-0.39, 0.29) is 5.78 Å². The Morgan fingerprint density at radius 3 is 2.27 bits per heavy atom. The second-order valence-electron chi connectivity index (χ2n) is 2.92. The quantitative estimate of drug-likeness (QED) is 0.492. The molecule has 0 bridgehead atoms. The first-order chi connectivity index (χ1) is 4.90. The summed E-state index contributed by atoms with van der Waals surface area (Å²) in [6.07, 6.45) is 1.03. The van der Waals surface area contributed by atoms with Gasteiger partial charge < -0.3 is 5.11 Å². The maximum atomic E-state index is 11.1. The number of Topliss-reactive ketones (excluding diaryl/α,β-unsaturated/α-hetero) is 1. The number of ketones is 1. The maximum absolute atomic E-state index is 11.1. The van der Waals surface area contributed by atoms with E-state index in [1.54, 1.807) is 13.8 Å². The number of carboxylic acid groups (broad SMARTS) is 1. The van der Waals surface area contributed by atoms with Gasteiger partial charge in [-0.3, -0.25) is 9.59 Å². The third kappa shape index (κ3) is 2.98. The van der Waals surface area contributed by atoms with E-state index in [2.05, 4.69) is 6.58 Å². The van der Waals surface area contributed by atoms with Crippen LogP contribution < -0.4 is 0 Å². The normalized spacial score (nSPS) is 10.7. The van der Waals surface area contributed by atoms with E-state index in [1.807, 2.05) is 0 Å². The molecule has 0 atom stereocenters. The van der Waals surface area contributed by atoms with Crippen LogP contribution in [0, 0.1) is 5.41 Å². The second kappa shape index (κ2) is 3.32. The fourth-order valence-corrected chi connectivity index (χ4v) is 0.479. The van der Waals surface area contributed by atoms with Gasteiger partial charge in [0.1, 0.15) is 6.42 Å². The molecule has 0 aliphatic heterocycles. The van der Waals surface area contributed by atoms with Crippen molar-refractivity contribution in [3.8, 4) is 0 Å². The molecule has 0 aromatic rings. The summed E-state index contributed by atoms with van der Waals surface area (Å²) in [5, 5.41) is 8.29. The minimum atomic E-state index is -1.09. The highest BCUT2D eigenvalue weighted by atomic mass is 16.4. The Kier molecular flexibility index (Phi) is 2.99. The van der Waals surface area contributed by atoms with Crippen LogP contribution >= 0.6 is 0 Å². The first kappa shape index (κ1) is 9.88. The largest absolute Gasteiger partial charge is 0.481 e. The predicted molar refractivity (Wildman–Crippen MR) is 41.2 cm³/mol. The number of hydrogen-bond donors (Lipinski definition) is 1. The Hall–Kier alpha value is -1.12. The van der Waals surface area contributed by atoms with Crippen LogP contribution in [0.15, 0.2) is 12.7 Å². The van der Waals surface area contributed by atoms with Gasteiger partial charge in [0.15, 0.2) is 5.78 Å². The summed E-state index contributed by atoms with van der Waals surface area (Å²) < 4.78 is 0. The average Bonchev–Trinajstić information content (AvgIpc) is 1.86. The van der Waals surface area contributed by atoms with E-state index in [4.69, 9.17) is 5.11 Å². The number of rotatable bonds is 4. The molecule has 0 unspecified atom stereocenters. The Morgan fingerprint density at radius 2 is 2.00 bits per heavy atom. The fourth-order valence-electron chi connectivity index (χ4n) is 0.479. The summed E-state index contributed by atoms with van der Waals surface area (Å²) in [5.74, 6) is -1.41. The van der Waals surface area contributed by atoms with Crippen molar-refractivity contribution in [2.45, 2.75) is 20.3 Å². The Morgan fingerprint density at radius 1 is 1.55 bits per heavy atom. The molecule has 0 aliphatic rings. The smallest absolute Gasteiger partial charge is 0.310 e. The van der Waals surface area contributed by atoms with Crippen LogP contribution in [0.1, 0.15) is 20.3 Å². The van der Waals surface area contributed by atoms with Gasteiger partial charge in [-0.15, -0.1) is 6.58 Å². The number of aliphatic carboxylic acids is 1. The Balaban J connectivity index is 4.24. The minimum Gasteiger partial charge on any atom is -0.481 e. The highest BCUT2D eigenvalue weighted by Gasteiger charge is 2.24. The van der Waals surface area contributed by atoms with Gasteiger partial charge in [-0.1, -0.05) is 6.08 Å². The van der Waals surface area contributed by atoms with Crippen LogP contribution in [0.3, 0.4) is 0 Å². The lowest BCUT2D eigenvalue weighted by molar-refractivity contribution is -0.141. The molecule has 11 heavy (non-hydrogen) atoms. The first-order valence-corrected chi connectivity index (χ1v) is 3.29. The van der Waals surface area contributed by atoms with Crippen molar-refractivity contribution < 1.29 is 14.7 Å². The second-order valence-corrected chi connectivity index (χ2v) is 2.92. The van der Waals surface area contributed by atoms with Crippen molar-refractivity contribution in [3.05, 3.63) is 12.7 Å². The molecule has 0 aromatic carbocycles. The lowest BCUT2D eigenvalue weighted by Gasteiger charge is -2.15. The van der Waals surface area contributed by atoms with Crippen molar-refractivity contribution in [1.82, 2.24) is 0 Å². The van der Waals surface area contributed by atoms with E-state index in [0.717, 1.165) is 0 Å². The molecule has 0 fully saturated rings. The SMILES string of the molecule is C=CC(C)(C)C(=O)CC(=O)O. The number of hydrogen-bond acceptors (Lipinski definition) is 2. The third-order valence-corrected chi connectivity index (χ3v) is 1.54. The molecule has 3 heteroatoms. The molecular formula is C8H12O3. The van der Waals surface area contributed by atoms with Gasteiger partial charge >= 0.3 is 5.97 Å². The zero-order valence-corrected chi connectivity index (χ0v) is 6.76. The molecule has 0 saturated carbocycles. The monoisotopic (exact) mass is 156 g/mol. The number of allylic oxidation sites excluding steroid dienone is 1.